The van der Waals surface area contributed by atoms with E-state index in [0.717, 1.165) is 40.8 Å². The molecule has 3 aliphatic carbocycles. The third-order valence-electron chi connectivity index (χ3n) is 7.14. The summed E-state index contributed by atoms with van der Waals surface area (Å²) >= 11 is 0. The Labute approximate surface area is 176 Å². The number of rotatable bonds is 5. The van der Waals surface area contributed by atoms with E-state index in [9.17, 15) is 4.39 Å². The van der Waals surface area contributed by atoms with E-state index in [0.29, 0.717) is 12.5 Å². The SMILES string of the molecule is COc1ccc(CN2C(c3ccc(F)cc3)=NN[C@]23CC2CCC3CC2)c(OC)c1. The van der Waals surface area contributed by atoms with Crippen LogP contribution in [0, 0.1) is 17.7 Å². The van der Waals surface area contributed by atoms with Crippen molar-refractivity contribution in [1.29, 1.82) is 0 Å². The van der Waals surface area contributed by atoms with Crippen molar-refractivity contribution in [2.75, 3.05) is 14.2 Å². The Balaban J connectivity index is 1.54. The Morgan fingerprint density at radius 2 is 1.83 bits per heavy atom. The number of hydrogen-bond donors (Lipinski definition) is 1. The molecule has 0 unspecified atom stereocenters. The first-order valence-electron chi connectivity index (χ1n) is 10.7. The normalized spacial score (nSPS) is 27.2. The van der Waals surface area contributed by atoms with E-state index >= 15 is 0 Å². The minimum absolute atomic E-state index is 0.185. The van der Waals surface area contributed by atoms with Crippen LogP contribution in [-0.2, 0) is 6.54 Å². The smallest absolute Gasteiger partial charge is 0.158 e. The molecular weight excluding hydrogens is 381 g/mol. The maximum Gasteiger partial charge on any atom is 0.158 e. The standard InChI is InChI=1S/C24H28FN3O2/c1-29-21-12-7-18(22(13-21)30-2)15-28-23(17-5-10-20(25)11-6-17)26-27-24(28)14-16-3-8-19(24)9-4-16/h5-7,10-13,16,19,27H,3-4,8-9,14-15H2,1-2H3/t16?,19?,24-/m1/s1. The molecule has 3 fully saturated rings. The molecule has 3 saturated carbocycles. The number of benzene rings is 2. The Bertz CT molecular complexity index is 953. The lowest BCUT2D eigenvalue weighted by Gasteiger charge is -2.54. The van der Waals surface area contributed by atoms with Crippen LogP contribution in [0.5, 0.6) is 11.5 Å². The molecule has 4 aliphatic rings. The summed E-state index contributed by atoms with van der Waals surface area (Å²) in [6, 6.07) is 12.6. The van der Waals surface area contributed by atoms with Crippen LogP contribution in [0.3, 0.4) is 0 Å². The van der Waals surface area contributed by atoms with Gasteiger partial charge in [0, 0.05) is 23.1 Å². The Kier molecular flexibility index (Phi) is 4.80. The van der Waals surface area contributed by atoms with Crippen molar-refractivity contribution < 1.29 is 13.9 Å². The van der Waals surface area contributed by atoms with Gasteiger partial charge in [-0.3, -0.25) is 5.43 Å². The molecule has 0 saturated heterocycles. The van der Waals surface area contributed by atoms with Crippen LogP contribution in [0.1, 0.15) is 43.2 Å². The molecule has 158 valence electrons. The second-order valence-corrected chi connectivity index (χ2v) is 8.66. The molecule has 30 heavy (non-hydrogen) atoms. The lowest BCUT2D eigenvalue weighted by molar-refractivity contribution is -0.0333. The number of amidine groups is 1. The van der Waals surface area contributed by atoms with Crippen LogP contribution >= 0.6 is 0 Å². The molecule has 6 heteroatoms. The fourth-order valence-electron chi connectivity index (χ4n) is 5.57. The summed E-state index contributed by atoms with van der Waals surface area (Å²) < 4.78 is 24.6. The third-order valence-corrected chi connectivity index (χ3v) is 7.14. The van der Waals surface area contributed by atoms with E-state index in [1.807, 2.05) is 24.3 Å². The van der Waals surface area contributed by atoms with Crippen molar-refractivity contribution in [3.63, 3.8) is 0 Å². The first kappa shape index (κ1) is 19.2. The summed E-state index contributed by atoms with van der Waals surface area (Å²) in [6.45, 7) is 0.666. The fourth-order valence-corrected chi connectivity index (χ4v) is 5.57. The second-order valence-electron chi connectivity index (χ2n) is 8.66. The van der Waals surface area contributed by atoms with Gasteiger partial charge in [-0.05, 0) is 74.4 Å². The van der Waals surface area contributed by atoms with E-state index < -0.39 is 0 Å². The van der Waals surface area contributed by atoms with Crippen molar-refractivity contribution in [2.45, 2.75) is 44.3 Å². The van der Waals surface area contributed by atoms with E-state index in [1.54, 1.807) is 14.2 Å². The molecule has 2 bridgehead atoms. The molecule has 6 rings (SSSR count). The summed E-state index contributed by atoms with van der Waals surface area (Å²) in [6.07, 6.45) is 6.14. The van der Waals surface area contributed by atoms with Gasteiger partial charge >= 0.3 is 0 Å². The minimum atomic E-state index is -0.236. The molecule has 0 aromatic heterocycles. The van der Waals surface area contributed by atoms with Gasteiger partial charge in [0.05, 0.1) is 20.8 Å². The Morgan fingerprint density at radius 1 is 1.07 bits per heavy atom. The van der Waals surface area contributed by atoms with Crippen LogP contribution in [0.15, 0.2) is 47.6 Å². The molecule has 1 aliphatic heterocycles. The minimum Gasteiger partial charge on any atom is -0.497 e. The maximum absolute atomic E-state index is 13.6. The molecule has 1 N–H and O–H groups in total. The second kappa shape index (κ2) is 7.49. The van der Waals surface area contributed by atoms with E-state index in [1.165, 1.54) is 37.8 Å². The number of nitrogens with zero attached hydrogens (tertiary/aromatic N) is 2. The number of methoxy groups -OCH3 is 2. The summed E-state index contributed by atoms with van der Waals surface area (Å²) in [5, 5.41) is 4.80. The molecular formula is C24H28FN3O2. The quantitative estimate of drug-likeness (QED) is 0.789. The van der Waals surface area contributed by atoms with Crippen LogP contribution in [0.2, 0.25) is 0 Å². The number of hydrazone groups is 1. The number of fused-ring (bicyclic) bond motifs is 2. The largest absolute Gasteiger partial charge is 0.497 e. The van der Waals surface area contributed by atoms with Gasteiger partial charge < -0.3 is 14.4 Å². The number of ether oxygens (including phenoxy) is 2. The first-order valence-corrected chi connectivity index (χ1v) is 10.7. The molecule has 2 aromatic carbocycles. The van der Waals surface area contributed by atoms with Crippen LogP contribution in [-0.4, -0.2) is 30.6 Å². The monoisotopic (exact) mass is 409 g/mol. The van der Waals surface area contributed by atoms with Crippen molar-refractivity contribution >= 4 is 5.84 Å². The summed E-state index contributed by atoms with van der Waals surface area (Å²) in [5.41, 5.74) is 5.37. The van der Waals surface area contributed by atoms with Gasteiger partial charge in [0.2, 0.25) is 0 Å². The Morgan fingerprint density at radius 3 is 2.47 bits per heavy atom. The van der Waals surface area contributed by atoms with Crippen molar-refractivity contribution in [3.05, 3.63) is 59.4 Å². The summed E-state index contributed by atoms with van der Waals surface area (Å²) in [5.74, 6) is 3.49. The summed E-state index contributed by atoms with van der Waals surface area (Å²) in [4.78, 5) is 2.40. The van der Waals surface area contributed by atoms with Gasteiger partial charge in [0.15, 0.2) is 5.84 Å². The molecule has 1 spiro atoms. The zero-order valence-electron chi connectivity index (χ0n) is 17.5. The first-order chi connectivity index (χ1) is 14.6. The van der Waals surface area contributed by atoms with Crippen LogP contribution in [0.25, 0.3) is 0 Å². The summed E-state index contributed by atoms with van der Waals surface area (Å²) in [7, 11) is 3.35. The lowest BCUT2D eigenvalue weighted by Crippen LogP contribution is -2.63. The predicted octanol–water partition coefficient (Wildman–Crippen LogP) is 4.52. The average molecular weight is 410 g/mol. The number of halogens is 1. The third kappa shape index (κ3) is 3.09. The number of nitrogens with one attached hydrogen (secondary N) is 1. The highest BCUT2D eigenvalue weighted by Gasteiger charge is 2.54. The van der Waals surface area contributed by atoms with Gasteiger partial charge in [0.1, 0.15) is 23.0 Å². The van der Waals surface area contributed by atoms with Crippen molar-refractivity contribution in [2.24, 2.45) is 16.9 Å². The van der Waals surface area contributed by atoms with Gasteiger partial charge in [-0.2, -0.15) is 5.10 Å². The number of hydrogen-bond acceptors (Lipinski definition) is 5. The van der Waals surface area contributed by atoms with Crippen molar-refractivity contribution in [3.8, 4) is 11.5 Å². The topological polar surface area (TPSA) is 46.1 Å². The predicted molar refractivity (Wildman–Crippen MR) is 114 cm³/mol. The van der Waals surface area contributed by atoms with Gasteiger partial charge in [-0.25, -0.2) is 4.39 Å². The van der Waals surface area contributed by atoms with E-state index in [2.05, 4.69) is 16.4 Å². The zero-order valence-corrected chi connectivity index (χ0v) is 17.5. The van der Waals surface area contributed by atoms with E-state index in [4.69, 9.17) is 14.6 Å². The molecule has 0 radical (unpaired) electrons. The Hall–Kier alpha value is -2.76. The van der Waals surface area contributed by atoms with Gasteiger partial charge in [-0.15, -0.1) is 0 Å². The van der Waals surface area contributed by atoms with Gasteiger partial charge in [-0.1, -0.05) is 0 Å². The van der Waals surface area contributed by atoms with Crippen molar-refractivity contribution in [1.82, 2.24) is 10.3 Å². The zero-order chi connectivity index (χ0) is 20.7. The molecule has 1 heterocycles. The lowest BCUT2D eigenvalue weighted by atomic mass is 9.63. The molecule has 2 aromatic rings. The van der Waals surface area contributed by atoms with E-state index in [-0.39, 0.29) is 11.5 Å². The van der Waals surface area contributed by atoms with Gasteiger partial charge in [0.25, 0.3) is 0 Å². The molecule has 1 atom stereocenters. The highest BCUT2D eigenvalue weighted by Crippen LogP contribution is 2.51. The average Bonchev–Trinajstić information content (AvgIpc) is 3.12. The highest BCUT2D eigenvalue weighted by atomic mass is 19.1. The highest BCUT2D eigenvalue weighted by molar-refractivity contribution is 6.00. The van der Waals surface area contributed by atoms with Crippen LogP contribution < -0.4 is 14.9 Å². The fraction of sp³-hybridized carbons (Fsp3) is 0.458. The van der Waals surface area contributed by atoms with Crippen LogP contribution in [0.4, 0.5) is 4.39 Å². The molecule has 5 nitrogen and oxygen atoms in total. The molecule has 0 amide bonds. The maximum atomic E-state index is 13.6.